The maximum atomic E-state index is 11.9. The Kier molecular flexibility index (Phi) is 2.82. The molecule has 2 rings (SSSR count). The molecule has 0 bridgehead atoms. The van der Waals surface area contributed by atoms with Gasteiger partial charge < -0.3 is 10.6 Å². The summed E-state index contributed by atoms with van der Waals surface area (Å²) in [5.41, 5.74) is -0.790. The quantitative estimate of drug-likeness (QED) is 0.692. The van der Waals surface area contributed by atoms with Crippen LogP contribution in [-0.2, 0) is 9.59 Å². The number of carbonyl (C=O) groups excluding carboxylic acids is 2. The Morgan fingerprint density at radius 3 is 2.75 bits per heavy atom. The van der Waals surface area contributed by atoms with E-state index in [4.69, 9.17) is 5.26 Å². The third kappa shape index (κ3) is 1.87. The molecule has 5 heteroatoms. The SMILES string of the molecule is N#CC1(C(=O)NC2CCC(=O)NC2)CCC1. The van der Waals surface area contributed by atoms with Gasteiger partial charge in [0.25, 0.3) is 0 Å². The Labute approximate surface area is 94.2 Å². The summed E-state index contributed by atoms with van der Waals surface area (Å²) in [5, 5.41) is 14.6. The lowest BCUT2D eigenvalue weighted by Gasteiger charge is -2.35. The maximum absolute atomic E-state index is 11.9. The molecule has 0 radical (unpaired) electrons. The number of nitriles is 1. The highest BCUT2D eigenvalue weighted by Gasteiger charge is 2.45. The van der Waals surface area contributed by atoms with Crippen molar-refractivity contribution in [3.8, 4) is 6.07 Å². The van der Waals surface area contributed by atoms with Crippen LogP contribution in [0, 0.1) is 16.7 Å². The van der Waals surface area contributed by atoms with Gasteiger partial charge in [0.15, 0.2) is 0 Å². The van der Waals surface area contributed by atoms with Gasteiger partial charge >= 0.3 is 0 Å². The molecule has 2 fully saturated rings. The van der Waals surface area contributed by atoms with Crippen molar-refractivity contribution in [2.24, 2.45) is 5.41 Å². The molecule has 1 heterocycles. The van der Waals surface area contributed by atoms with Crippen molar-refractivity contribution < 1.29 is 9.59 Å². The minimum atomic E-state index is -0.790. The van der Waals surface area contributed by atoms with E-state index in [1.54, 1.807) is 0 Å². The Bertz CT molecular complexity index is 345. The number of nitrogens with one attached hydrogen (secondary N) is 2. The summed E-state index contributed by atoms with van der Waals surface area (Å²) in [6, 6.07) is 2.10. The average molecular weight is 221 g/mol. The van der Waals surface area contributed by atoms with E-state index in [0.29, 0.717) is 32.2 Å². The van der Waals surface area contributed by atoms with E-state index in [0.717, 1.165) is 6.42 Å². The van der Waals surface area contributed by atoms with Crippen LogP contribution in [0.3, 0.4) is 0 Å². The van der Waals surface area contributed by atoms with E-state index in [-0.39, 0.29) is 17.9 Å². The number of carbonyl (C=O) groups is 2. The molecule has 1 aliphatic carbocycles. The number of rotatable bonds is 2. The van der Waals surface area contributed by atoms with Gasteiger partial charge in [0, 0.05) is 19.0 Å². The first-order valence-corrected chi connectivity index (χ1v) is 5.65. The van der Waals surface area contributed by atoms with Gasteiger partial charge in [-0.25, -0.2) is 0 Å². The summed E-state index contributed by atoms with van der Waals surface area (Å²) in [6.45, 7) is 0.478. The van der Waals surface area contributed by atoms with E-state index in [2.05, 4.69) is 16.7 Å². The van der Waals surface area contributed by atoms with Gasteiger partial charge in [0.2, 0.25) is 11.8 Å². The second kappa shape index (κ2) is 4.12. The molecular weight excluding hydrogens is 206 g/mol. The Morgan fingerprint density at radius 2 is 2.31 bits per heavy atom. The number of nitrogens with zero attached hydrogens (tertiary/aromatic N) is 1. The molecule has 1 unspecified atom stereocenters. The van der Waals surface area contributed by atoms with Gasteiger partial charge in [-0.3, -0.25) is 9.59 Å². The van der Waals surface area contributed by atoms with Crippen molar-refractivity contribution in [2.45, 2.75) is 38.1 Å². The second-order valence-electron chi connectivity index (χ2n) is 4.56. The first kappa shape index (κ1) is 10.9. The molecule has 0 aromatic heterocycles. The fourth-order valence-corrected chi connectivity index (χ4v) is 2.10. The van der Waals surface area contributed by atoms with Crippen molar-refractivity contribution in [3.05, 3.63) is 0 Å². The fraction of sp³-hybridized carbons (Fsp3) is 0.727. The molecule has 1 aliphatic heterocycles. The predicted molar refractivity (Wildman–Crippen MR) is 56.1 cm³/mol. The van der Waals surface area contributed by atoms with Gasteiger partial charge in [0.05, 0.1) is 6.07 Å². The van der Waals surface area contributed by atoms with E-state index >= 15 is 0 Å². The monoisotopic (exact) mass is 221 g/mol. The fourth-order valence-electron chi connectivity index (χ4n) is 2.10. The number of piperidine rings is 1. The smallest absolute Gasteiger partial charge is 0.240 e. The molecule has 1 saturated carbocycles. The zero-order valence-electron chi connectivity index (χ0n) is 9.08. The first-order chi connectivity index (χ1) is 7.66. The highest BCUT2D eigenvalue weighted by molar-refractivity contribution is 5.87. The molecule has 0 aromatic rings. The zero-order valence-corrected chi connectivity index (χ0v) is 9.08. The summed E-state index contributed by atoms with van der Waals surface area (Å²) < 4.78 is 0. The van der Waals surface area contributed by atoms with Gasteiger partial charge in [0.1, 0.15) is 5.41 Å². The number of hydrogen-bond donors (Lipinski definition) is 2. The number of hydrogen-bond acceptors (Lipinski definition) is 3. The molecule has 0 spiro atoms. The highest BCUT2D eigenvalue weighted by Crippen LogP contribution is 2.40. The van der Waals surface area contributed by atoms with Crippen LogP contribution in [0.15, 0.2) is 0 Å². The van der Waals surface area contributed by atoms with Crippen molar-refractivity contribution in [3.63, 3.8) is 0 Å². The van der Waals surface area contributed by atoms with Gasteiger partial charge in [-0.2, -0.15) is 5.26 Å². The van der Waals surface area contributed by atoms with E-state index in [9.17, 15) is 9.59 Å². The molecule has 2 aliphatic rings. The van der Waals surface area contributed by atoms with Crippen LogP contribution in [0.4, 0.5) is 0 Å². The molecule has 2 N–H and O–H groups in total. The molecule has 2 amide bonds. The van der Waals surface area contributed by atoms with Crippen LogP contribution in [0.2, 0.25) is 0 Å². The Balaban J connectivity index is 1.88. The molecule has 5 nitrogen and oxygen atoms in total. The van der Waals surface area contributed by atoms with Crippen LogP contribution in [-0.4, -0.2) is 24.4 Å². The average Bonchev–Trinajstić information content (AvgIpc) is 2.21. The zero-order chi connectivity index (χ0) is 11.6. The van der Waals surface area contributed by atoms with Crippen LogP contribution < -0.4 is 10.6 Å². The van der Waals surface area contributed by atoms with Gasteiger partial charge in [-0.05, 0) is 25.7 Å². The molecule has 0 aromatic carbocycles. The van der Waals surface area contributed by atoms with E-state index in [1.165, 1.54) is 0 Å². The molecule has 16 heavy (non-hydrogen) atoms. The van der Waals surface area contributed by atoms with E-state index < -0.39 is 5.41 Å². The topological polar surface area (TPSA) is 82.0 Å². The highest BCUT2D eigenvalue weighted by atomic mass is 16.2. The molecule has 1 saturated heterocycles. The van der Waals surface area contributed by atoms with Crippen LogP contribution in [0.25, 0.3) is 0 Å². The standard InChI is InChI=1S/C11H15N3O2/c12-7-11(4-1-5-11)10(16)14-8-2-3-9(15)13-6-8/h8H,1-6H2,(H,13,15)(H,14,16). The summed E-state index contributed by atoms with van der Waals surface area (Å²) >= 11 is 0. The Hall–Kier alpha value is -1.57. The third-order valence-electron chi connectivity index (χ3n) is 3.46. The summed E-state index contributed by atoms with van der Waals surface area (Å²) in [7, 11) is 0. The Morgan fingerprint density at radius 1 is 1.56 bits per heavy atom. The van der Waals surface area contributed by atoms with Crippen molar-refractivity contribution in [1.82, 2.24) is 10.6 Å². The first-order valence-electron chi connectivity index (χ1n) is 5.65. The van der Waals surface area contributed by atoms with Crippen LogP contribution >= 0.6 is 0 Å². The van der Waals surface area contributed by atoms with E-state index in [1.807, 2.05) is 0 Å². The minimum Gasteiger partial charge on any atom is -0.354 e. The van der Waals surface area contributed by atoms with Gasteiger partial charge in [-0.15, -0.1) is 0 Å². The minimum absolute atomic E-state index is 0.0176. The van der Waals surface area contributed by atoms with Crippen LogP contribution in [0.1, 0.15) is 32.1 Å². The third-order valence-corrected chi connectivity index (χ3v) is 3.46. The lowest BCUT2D eigenvalue weighted by atomic mass is 9.69. The van der Waals surface area contributed by atoms with Crippen LogP contribution in [0.5, 0.6) is 0 Å². The largest absolute Gasteiger partial charge is 0.354 e. The lowest BCUT2D eigenvalue weighted by molar-refractivity contribution is -0.133. The van der Waals surface area contributed by atoms with Crippen molar-refractivity contribution in [1.29, 1.82) is 5.26 Å². The lowest BCUT2D eigenvalue weighted by Crippen LogP contribution is -2.53. The number of amides is 2. The van der Waals surface area contributed by atoms with Crippen molar-refractivity contribution in [2.75, 3.05) is 6.54 Å². The summed E-state index contributed by atoms with van der Waals surface area (Å²) in [4.78, 5) is 22.8. The second-order valence-corrected chi connectivity index (χ2v) is 4.56. The molecule has 1 atom stereocenters. The summed E-state index contributed by atoms with van der Waals surface area (Å²) in [6.07, 6.45) is 3.38. The normalized spacial score (nSPS) is 27.2. The molecule has 86 valence electrons. The molecular formula is C11H15N3O2. The summed E-state index contributed by atoms with van der Waals surface area (Å²) in [5.74, 6) is -0.133. The predicted octanol–water partition coefficient (Wildman–Crippen LogP) is 0.0751. The maximum Gasteiger partial charge on any atom is 0.240 e. The van der Waals surface area contributed by atoms with Gasteiger partial charge in [-0.1, -0.05) is 0 Å². The van der Waals surface area contributed by atoms with Crippen molar-refractivity contribution >= 4 is 11.8 Å².